The first kappa shape index (κ1) is 60.4. The molecule has 0 aliphatic carbocycles. The van der Waals surface area contributed by atoms with Gasteiger partial charge in [-0.2, -0.15) is 25.3 Å². The van der Waals surface area contributed by atoms with Gasteiger partial charge >= 0.3 is 6.03 Å². The van der Waals surface area contributed by atoms with E-state index in [0.717, 1.165) is 10.9 Å². The summed E-state index contributed by atoms with van der Waals surface area (Å²) in [6.45, 7) is 5.75. The Kier molecular flexibility index (Phi) is 24.1. The van der Waals surface area contributed by atoms with Crippen molar-refractivity contribution in [1.82, 2.24) is 63.1 Å². The zero-order valence-electron chi connectivity index (χ0n) is 41.9. The minimum absolute atomic E-state index is 0.0497. The number of hydrogen-bond acceptors (Lipinski definition) is 14. The molecule has 0 saturated carbocycles. The summed E-state index contributed by atoms with van der Waals surface area (Å²) in [5.41, 5.74) is 13.0. The number of aliphatic imine (C=N–C) groups is 1. The molecule has 4 rings (SSSR count). The standard InChI is InChI=1S/C48H66N16O10S2/c1-4-52-25-53-18-16-33(59-40(67)26(2)56-45(72)37(24-76)58-38(65)22-64-46(73)27(3)57-48(64)74)42(69)61-34(19-28-11-6-5-7-12-28)43(70)60-32(15-10-17-54-47(50)51)41(68)62-35(44(71)63-36(23-75)39(49)66)20-29-21-55-31-14-9-8-13-30(29)31/h4-9,11-14,21,25-27,32-37,55,75-76H,1,10,15-20,22-24H2,2-3H3,(H2,49,66)(H,52,53)(H,56,72)(H,57,74)(H,58,65)(H,59,67)(H,60,70)(H,61,69)(H,62,68)(H,63,71)(H4,50,51,54)/t26-,27+,32+,33+,34-,35+,36+,37+/m1/s1. The molecule has 2 aromatic carbocycles. The Morgan fingerprint density at radius 1 is 0.737 bits per heavy atom. The van der Waals surface area contributed by atoms with Crippen molar-refractivity contribution in [2.45, 2.75) is 94.3 Å². The largest absolute Gasteiger partial charge is 0.376 e. The van der Waals surface area contributed by atoms with Crippen LogP contribution in [0.4, 0.5) is 4.79 Å². The van der Waals surface area contributed by atoms with Gasteiger partial charge in [0.2, 0.25) is 47.3 Å². The molecule has 11 amide bonds. The number of hydrogen-bond donors (Lipinski definition) is 16. The van der Waals surface area contributed by atoms with E-state index in [1.165, 1.54) is 26.4 Å². The zero-order valence-corrected chi connectivity index (χ0v) is 43.6. The number of primary amides is 1. The maximum absolute atomic E-state index is 14.6. The van der Waals surface area contributed by atoms with Crippen molar-refractivity contribution in [3.8, 4) is 0 Å². The molecule has 1 aromatic heterocycles. The molecule has 26 nitrogen and oxygen atoms in total. The highest BCUT2D eigenvalue weighted by Gasteiger charge is 2.37. The first-order chi connectivity index (χ1) is 36.3. The molecule has 0 bridgehead atoms. The van der Waals surface area contributed by atoms with Crippen LogP contribution in [0.1, 0.15) is 44.2 Å². The van der Waals surface area contributed by atoms with Gasteiger partial charge < -0.3 is 69.6 Å². The molecule has 0 unspecified atom stereocenters. The fourth-order valence-corrected chi connectivity index (χ4v) is 8.14. The Morgan fingerprint density at radius 3 is 1.91 bits per heavy atom. The molecule has 0 radical (unpaired) electrons. The van der Waals surface area contributed by atoms with E-state index in [0.29, 0.717) is 16.0 Å². The van der Waals surface area contributed by atoms with E-state index in [2.05, 4.69) is 95.0 Å². The third kappa shape index (κ3) is 18.7. The number of urea groups is 1. The minimum atomic E-state index is -1.41. The number of H-pyrrole nitrogens is 1. The molecule has 1 aliphatic rings. The number of carbonyl (C=O) groups is 10. The van der Waals surface area contributed by atoms with Gasteiger partial charge in [-0.3, -0.25) is 53.5 Å². The average molecular weight is 1090 g/mol. The number of amides is 11. The molecule has 8 atom stereocenters. The molecule has 76 heavy (non-hydrogen) atoms. The van der Waals surface area contributed by atoms with E-state index in [-0.39, 0.29) is 62.7 Å². The number of nitrogens with two attached hydrogens (primary N) is 2. The van der Waals surface area contributed by atoms with E-state index >= 15 is 0 Å². The molecule has 410 valence electrons. The number of aromatic nitrogens is 1. The van der Waals surface area contributed by atoms with Gasteiger partial charge in [0.25, 0.3) is 5.91 Å². The van der Waals surface area contributed by atoms with Crippen LogP contribution in [0.5, 0.6) is 0 Å². The number of fused-ring (bicyclic) bond motifs is 1. The van der Waals surface area contributed by atoms with Gasteiger partial charge in [-0.1, -0.05) is 55.1 Å². The van der Waals surface area contributed by atoms with Crippen molar-refractivity contribution in [1.29, 1.82) is 5.41 Å². The second-order valence-corrected chi connectivity index (χ2v) is 18.2. The molecular weight excluding hydrogens is 1020 g/mol. The van der Waals surface area contributed by atoms with Crippen molar-refractivity contribution >= 4 is 108 Å². The van der Waals surface area contributed by atoms with Crippen LogP contribution in [0.3, 0.4) is 0 Å². The maximum atomic E-state index is 14.6. The zero-order chi connectivity index (χ0) is 55.9. The Labute approximate surface area is 449 Å². The van der Waals surface area contributed by atoms with Crippen LogP contribution in [-0.4, -0.2) is 161 Å². The predicted molar refractivity (Wildman–Crippen MR) is 288 cm³/mol. The van der Waals surface area contributed by atoms with Gasteiger partial charge in [0, 0.05) is 60.7 Å². The Bertz CT molecular complexity index is 2620. The SMILES string of the molecule is C=C/N=C\NCC[C@H](NC(=O)[C@@H](C)NC(=O)[C@H](CS)NC(=O)CN1C(=O)N[C@@H](C)C1=O)C(=O)N[C@H](Cc1ccccc1)C(=O)N[C@@H](CCCNC(=N)N)C(=O)N[C@@H](Cc1c[nH]c2ccccc12)C(=O)N[C@@H](CS)C(N)=O. The Hall–Kier alpha value is -8.14. The van der Waals surface area contributed by atoms with Crippen molar-refractivity contribution in [3.63, 3.8) is 0 Å². The molecule has 1 fully saturated rings. The quantitative estimate of drug-likeness (QED) is 0.0101. The summed E-state index contributed by atoms with van der Waals surface area (Å²) in [6, 6.07) is 4.91. The van der Waals surface area contributed by atoms with Crippen molar-refractivity contribution in [3.05, 3.63) is 84.7 Å². The Morgan fingerprint density at radius 2 is 1.30 bits per heavy atom. The number of para-hydroxylation sites is 1. The van der Waals surface area contributed by atoms with Crippen LogP contribution in [0.15, 0.2) is 78.6 Å². The number of benzene rings is 2. The van der Waals surface area contributed by atoms with Crippen LogP contribution in [0.25, 0.3) is 10.9 Å². The average Bonchev–Trinajstić information content (AvgIpc) is 3.90. The van der Waals surface area contributed by atoms with Crippen molar-refractivity contribution in [2.75, 3.05) is 31.1 Å². The highest BCUT2D eigenvalue weighted by atomic mass is 32.1. The van der Waals surface area contributed by atoms with Crippen LogP contribution >= 0.6 is 25.3 Å². The highest BCUT2D eigenvalue weighted by molar-refractivity contribution is 7.80. The molecule has 2 heterocycles. The van der Waals surface area contributed by atoms with Crippen molar-refractivity contribution < 1.29 is 47.9 Å². The van der Waals surface area contributed by atoms with Gasteiger partial charge in [-0.15, -0.1) is 0 Å². The van der Waals surface area contributed by atoms with E-state index in [9.17, 15) is 47.9 Å². The van der Waals surface area contributed by atoms with E-state index in [4.69, 9.17) is 16.9 Å². The summed E-state index contributed by atoms with van der Waals surface area (Å²) >= 11 is 8.28. The van der Waals surface area contributed by atoms with E-state index in [1.54, 1.807) is 42.6 Å². The summed E-state index contributed by atoms with van der Waals surface area (Å²) < 4.78 is 0. The summed E-state index contributed by atoms with van der Waals surface area (Å²) in [5.74, 6) is -8.07. The second kappa shape index (κ2) is 30.3. The van der Waals surface area contributed by atoms with Gasteiger partial charge in [0.15, 0.2) is 5.96 Å². The lowest BCUT2D eigenvalue weighted by Gasteiger charge is -2.27. The summed E-state index contributed by atoms with van der Waals surface area (Å²) in [5, 5.41) is 34.4. The normalized spacial score (nSPS) is 15.8. The van der Waals surface area contributed by atoms with E-state index < -0.39 is 114 Å². The minimum Gasteiger partial charge on any atom is -0.376 e. The number of guanidine groups is 1. The number of nitrogens with zero attached hydrogens (tertiary/aromatic N) is 2. The van der Waals surface area contributed by atoms with Crippen LogP contribution in [-0.2, 0) is 56.0 Å². The fraction of sp³-hybridized carbons (Fsp3) is 0.417. The first-order valence-electron chi connectivity index (χ1n) is 24.0. The molecular formula is C48H66N16O10S2. The molecule has 3 aromatic rings. The molecule has 1 saturated heterocycles. The number of carbonyl (C=O) groups excluding carboxylic acids is 10. The number of rotatable bonds is 31. The van der Waals surface area contributed by atoms with Crippen LogP contribution < -0.4 is 64.6 Å². The smallest absolute Gasteiger partial charge is 0.325 e. The lowest BCUT2D eigenvalue weighted by molar-refractivity contribution is -0.135. The van der Waals surface area contributed by atoms with E-state index in [1.807, 2.05) is 18.2 Å². The van der Waals surface area contributed by atoms with Gasteiger partial charge in [0.05, 0.1) is 6.34 Å². The fourth-order valence-electron chi connectivity index (χ4n) is 7.61. The van der Waals surface area contributed by atoms with Gasteiger partial charge in [-0.05, 0) is 50.3 Å². The number of nitrogens with one attached hydrogen (secondary N) is 12. The molecule has 1 aliphatic heterocycles. The molecule has 28 heteroatoms. The van der Waals surface area contributed by atoms with Crippen molar-refractivity contribution in [2.24, 2.45) is 16.5 Å². The topological polar surface area (TPSA) is 398 Å². The number of imide groups is 1. The Balaban J connectivity index is 1.58. The number of thiol groups is 2. The molecule has 16 N–H and O–H groups in total. The summed E-state index contributed by atoms with van der Waals surface area (Å²) in [7, 11) is 0. The summed E-state index contributed by atoms with van der Waals surface area (Å²) in [6.07, 6.45) is 4.04. The molecule has 0 spiro atoms. The third-order valence-corrected chi connectivity index (χ3v) is 12.4. The second-order valence-electron chi connectivity index (χ2n) is 17.5. The maximum Gasteiger partial charge on any atom is 0.325 e. The van der Waals surface area contributed by atoms with Crippen LogP contribution in [0.2, 0.25) is 0 Å². The predicted octanol–water partition coefficient (Wildman–Crippen LogP) is -2.93. The summed E-state index contributed by atoms with van der Waals surface area (Å²) in [4.78, 5) is 141. The van der Waals surface area contributed by atoms with Gasteiger partial charge in [0.1, 0.15) is 54.9 Å². The van der Waals surface area contributed by atoms with Crippen LogP contribution in [0, 0.1) is 5.41 Å². The first-order valence-corrected chi connectivity index (χ1v) is 25.3. The third-order valence-electron chi connectivity index (χ3n) is 11.7. The highest BCUT2D eigenvalue weighted by Crippen LogP contribution is 2.20. The lowest BCUT2D eigenvalue weighted by atomic mass is 10.0. The van der Waals surface area contributed by atoms with Gasteiger partial charge in [-0.25, -0.2) is 9.79 Å². The monoisotopic (exact) mass is 1090 g/mol. The number of aromatic amines is 1. The lowest BCUT2D eigenvalue weighted by Crippen LogP contribution is -2.60.